The Morgan fingerprint density at radius 1 is 0.895 bits per heavy atom. The number of nitrogens with zero attached hydrogens (tertiary/aromatic N) is 2. The standard InChI is InChI=1S/C32H45N3O3/c1-6-27-28-20-26(8-9-29(28)33-32(27)23-7-10-30(36-4)31(19-23)37-5)38-25-13-17-35(18-14-25)24-11-15-34(16-12-24)21-22(2)3/h7-10,19-20,22,24-25,33H,6,11-18,21H2,1-5H3. The van der Waals surface area contributed by atoms with Gasteiger partial charge in [0.2, 0.25) is 0 Å². The van der Waals surface area contributed by atoms with E-state index in [1.165, 1.54) is 43.4 Å². The average Bonchev–Trinajstić information content (AvgIpc) is 3.31. The summed E-state index contributed by atoms with van der Waals surface area (Å²) in [5.74, 6) is 3.22. The SMILES string of the molecule is CCc1c(-c2ccc(OC)c(OC)c2)[nH]c2ccc(OC3CCN(C4CCN(CC(C)C)CC4)CC3)cc12. The van der Waals surface area contributed by atoms with Crippen molar-refractivity contribution in [2.45, 2.75) is 65.0 Å². The van der Waals surface area contributed by atoms with E-state index in [-0.39, 0.29) is 0 Å². The van der Waals surface area contributed by atoms with Crippen LogP contribution in [0.5, 0.6) is 17.2 Å². The van der Waals surface area contributed by atoms with Crippen molar-refractivity contribution >= 4 is 10.9 Å². The molecule has 2 aliphatic heterocycles. The van der Waals surface area contributed by atoms with Crippen LogP contribution in [0.3, 0.4) is 0 Å². The number of aryl methyl sites for hydroxylation is 1. The number of hydrogen-bond donors (Lipinski definition) is 1. The van der Waals surface area contributed by atoms with Crippen molar-refractivity contribution in [3.63, 3.8) is 0 Å². The number of benzene rings is 2. The maximum Gasteiger partial charge on any atom is 0.161 e. The van der Waals surface area contributed by atoms with Gasteiger partial charge >= 0.3 is 0 Å². The molecule has 2 fully saturated rings. The molecule has 2 aliphatic rings. The number of hydrogen-bond acceptors (Lipinski definition) is 5. The smallest absolute Gasteiger partial charge is 0.161 e. The van der Waals surface area contributed by atoms with Crippen LogP contribution in [0.15, 0.2) is 36.4 Å². The van der Waals surface area contributed by atoms with Gasteiger partial charge in [-0.1, -0.05) is 20.8 Å². The Morgan fingerprint density at radius 3 is 2.29 bits per heavy atom. The molecule has 3 heterocycles. The van der Waals surface area contributed by atoms with E-state index < -0.39 is 0 Å². The lowest BCUT2D eigenvalue weighted by atomic mass is 9.98. The highest BCUT2D eigenvalue weighted by Crippen LogP contribution is 2.37. The van der Waals surface area contributed by atoms with Gasteiger partial charge in [-0.3, -0.25) is 0 Å². The van der Waals surface area contributed by atoms with Gasteiger partial charge in [0.1, 0.15) is 11.9 Å². The average molecular weight is 520 g/mol. The summed E-state index contributed by atoms with van der Waals surface area (Å²) in [5, 5.41) is 1.24. The molecular weight excluding hydrogens is 474 g/mol. The molecule has 6 nitrogen and oxygen atoms in total. The summed E-state index contributed by atoms with van der Waals surface area (Å²) in [4.78, 5) is 9.02. The van der Waals surface area contributed by atoms with Gasteiger partial charge < -0.3 is 29.0 Å². The van der Waals surface area contributed by atoms with Crippen LogP contribution in [0.2, 0.25) is 0 Å². The zero-order chi connectivity index (χ0) is 26.6. The van der Waals surface area contributed by atoms with Crippen molar-refractivity contribution in [3.05, 3.63) is 42.0 Å². The Morgan fingerprint density at radius 2 is 1.63 bits per heavy atom. The highest BCUT2D eigenvalue weighted by atomic mass is 16.5. The van der Waals surface area contributed by atoms with E-state index in [4.69, 9.17) is 14.2 Å². The third-order valence-electron chi connectivity index (χ3n) is 8.38. The van der Waals surface area contributed by atoms with E-state index >= 15 is 0 Å². The highest BCUT2D eigenvalue weighted by molar-refractivity contribution is 5.92. The van der Waals surface area contributed by atoms with E-state index in [1.54, 1.807) is 14.2 Å². The molecule has 0 spiro atoms. The summed E-state index contributed by atoms with van der Waals surface area (Å²) in [5.41, 5.74) is 4.67. The number of H-pyrrole nitrogens is 1. The second-order valence-electron chi connectivity index (χ2n) is 11.4. The van der Waals surface area contributed by atoms with Crippen LogP contribution in [0.1, 0.15) is 52.0 Å². The van der Waals surface area contributed by atoms with Gasteiger partial charge in [-0.25, -0.2) is 0 Å². The fourth-order valence-corrected chi connectivity index (χ4v) is 6.44. The number of methoxy groups -OCH3 is 2. The molecule has 0 bridgehead atoms. The number of nitrogens with one attached hydrogen (secondary N) is 1. The first kappa shape index (κ1) is 26.9. The Kier molecular flexibility index (Phi) is 8.49. The summed E-state index contributed by atoms with van der Waals surface area (Å²) in [6, 6.07) is 13.4. The van der Waals surface area contributed by atoms with Crippen molar-refractivity contribution in [1.29, 1.82) is 0 Å². The normalized spacial score (nSPS) is 18.4. The molecular formula is C32H45N3O3. The van der Waals surface area contributed by atoms with Gasteiger partial charge in [0.05, 0.1) is 14.2 Å². The first-order chi connectivity index (χ1) is 18.5. The van der Waals surface area contributed by atoms with E-state index in [9.17, 15) is 0 Å². The zero-order valence-electron chi connectivity index (χ0n) is 23.9. The van der Waals surface area contributed by atoms with E-state index in [0.717, 1.165) is 78.3 Å². The topological polar surface area (TPSA) is 50.0 Å². The summed E-state index contributed by atoms with van der Waals surface area (Å²) in [6.45, 7) is 12.9. The fraction of sp³-hybridized carbons (Fsp3) is 0.562. The lowest BCUT2D eigenvalue weighted by Crippen LogP contribution is -2.49. The second-order valence-corrected chi connectivity index (χ2v) is 11.4. The van der Waals surface area contributed by atoms with Gasteiger partial charge in [0.15, 0.2) is 11.5 Å². The third kappa shape index (κ3) is 5.81. The molecule has 2 saturated heterocycles. The molecule has 0 radical (unpaired) electrons. The van der Waals surface area contributed by atoms with Gasteiger partial charge in [-0.15, -0.1) is 0 Å². The van der Waals surface area contributed by atoms with Crippen LogP contribution in [0, 0.1) is 5.92 Å². The van der Waals surface area contributed by atoms with Gasteiger partial charge in [0.25, 0.3) is 0 Å². The van der Waals surface area contributed by atoms with Crippen LogP contribution in [0.25, 0.3) is 22.2 Å². The summed E-state index contributed by atoms with van der Waals surface area (Å²) in [6.07, 6.45) is 6.06. The number of rotatable bonds is 9. The lowest BCUT2D eigenvalue weighted by molar-refractivity contribution is 0.0466. The van der Waals surface area contributed by atoms with Crippen molar-refractivity contribution in [1.82, 2.24) is 14.8 Å². The zero-order valence-corrected chi connectivity index (χ0v) is 23.9. The second kappa shape index (κ2) is 12.0. The van der Waals surface area contributed by atoms with Crippen LogP contribution >= 0.6 is 0 Å². The molecule has 0 amide bonds. The Balaban J connectivity index is 1.23. The van der Waals surface area contributed by atoms with Gasteiger partial charge in [0, 0.05) is 47.8 Å². The molecule has 5 rings (SSSR count). The number of ether oxygens (including phenoxy) is 3. The Labute approximate surface area is 228 Å². The molecule has 38 heavy (non-hydrogen) atoms. The number of aromatic nitrogens is 1. The summed E-state index contributed by atoms with van der Waals surface area (Å²) >= 11 is 0. The van der Waals surface area contributed by atoms with E-state index in [2.05, 4.69) is 59.8 Å². The van der Waals surface area contributed by atoms with Crippen molar-refractivity contribution in [3.8, 4) is 28.5 Å². The van der Waals surface area contributed by atoms with Crippen LogP contribution in [-0.4, -0.2) is 73.9 Å². The number of likely N-dealkylation sites (tertiary alicyclic amines) is 2. The Bertz CT molecular complexity index is 1200. The van der Waals surface area contributed by atoms with Crippen LogP contribution in [0.4, 0.5) is 0 Å². The predicted molar refractivity (Wildman–Crippen MR) is 156 cm³/mol. The predicted octanol–water partition coefficient (Wildman–Crippen LogP) is 6.38. The van der Waals surface area contributed by atoms with Crippen LogP contribution in [-0.2, 0) is 6.42 Å². The maximum absolute atomic E-state index is 6.56. The van der Waals surface area contributed by atoms with Crippen LogP contribution < -0.4 is 14.2 Å². The molecule has 1 N–H and O–H groups in total. The molecule has 206 valence electrons. The molecule has 6 heteroatoms. The first-order valence-electron chi connectivity index (χ1n) is 14.5. The fourth-order valence-electron chi connectivity index (χ4n) is 6.44. The summed E-state index contributed by atoms with van der Waals surface area (Å²) in [7, 11) is 3.35. The number of fused-ring (bicyclic) bond motifs is 1. The molecule has 0 aliphatic carbocycles. The largest absolute Gasteiger partial charge is 0.493 e. The minimum Gasteiger partial charge on any atom is -0.493 e. The van der Waals surface area contributed by atoms with Gasteiger partial charge in [-0.2, -0.15) is 0 Å². The molecule has 3 aromatic rings. The lowest BCUT2D eigenvalue weighted by Gasteiger charge is -2.42. The first-order valence-corrected chi connectivity index (χ1v) is 14.5. The molecule has 1 aromatic heterocycles. The van der Waals surface area contributed by atoms with Gasteiger partial charge in [-0.05, 0) is 93.1 Å². The Hall–Kier alpha value is -2.70. The molecule has 0 saturated carbocycles. The number of piperidine rings is 2. The third-order valence-corrected chi connectivity index (χ3v) is 8.38. The quantitative estimate of drug-likeness (QED) is 0.356. The van der Waals surface area contributed by atoms with Crippen molar-refractivity contribution < 1.29 is 14.2 Å². The number of aromatic amines is 1. The molecule has 2 aromatic carbocycles. The monoisotopic (exact) mass is 519 g/mol. The van der Waals surface area contributed by atoms with Crippen molar-refractivity contribution in [2.75, 3.05) is 46.9 Å². The maximum atomic E-state index is 6.56. The van der Waals surface area contributed by atoms with E-state index in [0.29, 0.717) is 6.10 Å². The van der Waals surface area contributed by atoms with Crippen molar-refractivity contribution in [2.24, 2.45) is 5.92 Å². The highest BCUT2D eigenvalue weighted by Gasteiger charge is 2.29. The minimum absolute atomic E-state index is 0.291. The van der Waals surface area contributed by atoms with E-state index in [1.807, 2.05) is 12.1 Å². The summed E-state index contributed by atoms with van der Waals surface area (Å²) < 4.78 is 17.5. The molecule has 0 atom stereocenters. The minimum atomic E-state index is 0.291. The molecule has 0 unspecified atom stereocenters.